The van der Waals surface area contributed by atoms with Gasteiger partial charge in [-0.05, 0) is 47.5 Å². The lowest BCUT2D eigenvalue weighted by Crippen LogP contribution is -2.38. The van der Waals surface area contributed by atoms with Crippen LogP contribution in [0.3, 0.4) is 0 Å². The zero-order valence-electron chi connectivity index (χ0n) is 14.2. The van der Waals surface area contributed by atoms with E-state index in [0.717, 1.165) is 23.9 Å². The molecule has 1 fully saturated rings. The number of hydrogen-bond donors (Lipinski definition) is 1. The highest BCUT2D eigenvalue weighted by molar-refractivity contribution is 7.15. The van der Waals surface area contributed by atoms with Crippen molar-refractivity contribution in [2.45, 2.75) is 71.7 Å². The Morgan fingerprint density at radius 3 is 2.62 bits per heavy atom. The van der Waals surface area contributed by atoms with Crippen LogP contribution < -0.4 is 10.2 Å². The number of anilines is 1. The molecule has 0 saturated carbocycles. The van der Waals surface area contributed by atoms with Gasteiger partial charge in [0.15, 0.2) is 5.13 Å². The van der Waals surface area contributed by atoms with E-state index in [1.54, 1.807) is 7.11 Å². The van der Waals surface area contributed by atoms with E-state index in [1.807, 2.05) is 11.3 Å². The summed E-state index contributed by atoms with van der Waals surface area (Å²) in [6.45, 7) is 13.7. The van der Waals surface area contributed by atoms with E-state index in [9.17, 15) is 0 Å². The van der Waals surface area contributed by atoms with Gasteiger partial charge in [0.1, 0.15) is 0 Å². The molecule has 0 spiro atoms. The molecule has 2 heterocycles. The normalized spacial score (nSPS) is 18.5. The minimum atomic E-state index is 0.113. The van der Waals surface area contributed by atoms with Crippen molar-refractivity contribution in [3.05, 3.63) is 10.6 Å². The van der Waals surface area contributed by atoms with Crippen LogP contribution in [0.25, 0.3) is 0 Å². The molecule has 1 aromatic rings. The molecule has 1 aliphatic rings. The Bertz CT molecular complexity index is 476. The van der Waals surface area contributed by atoms with Crippen LogP contribution in [0, 0.1) is 0 Å². The molecule has 0 bridgehead atoms. The van der Waals surface area contributed by atoms with Crippen LogP contribution in [-0.4, -0.2) is 29.7 Å². The lowest BCUT2D eigenvalue weighted by atomic mass is 10.0. The van der Waals surface area contributed by atoms with E-state index in [4.69, 9.17) is 9.72 Å². The molecule has 1 saturated heterocycles. The molecule has 0 aromatic carbocycles. The average Bonchev–Trinajstić information content (AvgIpc) is 2.89. The van der Waals surface area contributed by atoms with Crippen LogP contribution in [0.4, 0.5) is 5.13 Å². The highest BCUT2D eigenvalue weighted by atomic mass is 32.1. The van der Waals surface area contributed by atoms with Crippen LogP contribution in [-0.2, 0) is 17.9 Å². The van der Waals surface area contributed by atoms with E-state index in [1.165, 1.54) is 17.7 Å². The van der Waals surface area contributed by atoms with Crippen molar-refractivity contribution < 1.29 is 4.74 Å². The molecular formula is C16H29N3OS. The number of thiazole rings is 1. The summed E-state index contributed by atoms with van der Waals surface area (Å²) in [7, 11) is 1.74. The topological polar surface area (TPSA) is 37.4 Å². The highest BCUT2D eigenvalue weighted by Crippen LogP contribution is 2.37. The van der Waals surface area contributed by atoms with Gasteiger partial charge in [-0.15, -0.1) is 11.3 Å². The molecule has 0 aliphatic carbocycles. The minimum Gasteiger partial charge on any atom is -0.378 e. The van der Waals surface area contributed by atoms with Crippen molar-refractivity contribution in [2.75, 3.05) is 18.6 Å². The van der Waals surface area contributed by atoms with Crippen molar-refractivity contribution in [3.8, 4) is 0 Å². The first-order chi connectivity index (χ1) is 9.73. The van der Waals surface area contributed by atoms with Gasteiger partial charge in [0.05, 0.1) is 12.3 Å². The maximum atomic E-state index is 5.33. The van der Waals surface area contributed by atoms with E-state index in [0.29, 0.717) is 6.61 Å². The number of methoxy groups -OCH3 is 1. The van der Waals surface area contributed by atoms with Gasteiger partial charge in [-0.25, -0.2) is 4.98 Å². The zero-order chi connectivity index (χ0) is 15.7. The molecule has 4 nitrogen and oxygen atoms in total. The number of hydrogen-bond acceptors (Lipinski definition) is 5. The van der Waals surface area contributed by atoms with Crippen molar-refractivity contribution in [2.24, 2.45) is 0 Å². The molecule has 5 heteroatoms. The smallest absolute Gasteiger partial charge is 0.186 e. The maximum Gasteiger partial charge on any atom is 0.186 e. The third-order valence-electron chi connectivity index (χ3n) is 3.96. The Hall–Kier alpha value is -0.650. The summed E-state index contributed by atoms with van der Waals surface area (Å²) in [5.74, 6) is 0. The van der Waals surface area contributed by atoms with E-state index in [-0.39, 0.29) is 11.1 Å². The Labute approximate surface area is 132 Å². The first-order valence-corrected chi connectivity index (χ1v) is 8.55. The average molecular weight is 311 g/mol. The third-order valence-corrected chi connectivity index (χ3v) is 5.08. The summed E-state index contributed by atoms with van der Waals surface area (Å²) < 4.78 is 5.33. The monoisotopic (exact) mass is 311 g/mol. The second-order valence-corrected chi connectivity index (χ2v) is 8.53. The van der Waals surface area contributed by atoms with Gasteiger partial charge in [-0.2, -0.15) is 0 Å². The third kappa shape index (κ3) is 4.18. The number of ether oxygens (including phenoxy) is 1. The molecule has 0 radical (unpaired) electrons. The molecule has 1 N–H and O–H groups in total. The Kier molecular flexibility index (Phi) is 4.96. The van der Waals surface area contributed by atoms with E-state index in [2.05, 4.69) is 44.8 Å². The van der Waals surface area contributed by atoms with Gasteiger partial charge < -0.3 is 15.0 Å². The molecule has 1 aromatic heterocycles. The molecule has 0 atom stereocenters. The molecule has 2 rings (SSSR count). The quantitative estimate of drug-likeness (QED) is 0.902. The largest absolute Gasteiger partial charge is 0.378 e. The summed E-state index contributed by atoms with van der Waals surface area (Å²) in [6, 6.07) is 0. The summed E-state index contributed by atoms with van der Waals surface area (Å²) in [5.41, 5.74) is 1.41. The summed E-state index contributed by atoms with van der Waals surface area (Å²) in [6.07, 6.45) is 2.49. The molecule has 1 aliphatic heterocycles. The van der Waals surface area contributed by atoms with Crippen molar-refractivity contribution in [1.29, 1.82) is 0 Å². The minimum absolute atomic E-state index is 0.113. The fraction of sp³-hybridized carbons (Fsp3) is 0.812. The van der Waals surface area contributed by atoms with Crippen LogP contribution in [0.5, 0.6) is 0 Å². The van der Waals surface area contributed by atoms with Gasteiger partial charge in [0.2, 0.25) is 0 Å². The second-order valence-electron chi connectivity index (χ2n) is 7.47. The number of nitrogens with one attached hydrogen (secondary N) is 1. The van der Waals surface area contributed by atoms with E-state index >= 15 is 0 Å². The Balaban J connectivity index is 2.20. The number of aromatic nitrogens is 1. The lowest BCUT2D eigenvalue weighted by molar-refractivity contribution is 0.181. The van der Waals surface area contributed by atoms with Crippen molar-refractivity contribution >= 4 is 16.5 Å². The van der Waals surface area contributed by atoms with Crippen LogP contribution in [0.1, 0.15) is 58.0 Å². The molecular weight excluding hydrogens is 282 g/mol. The molecule has 0 amide bonds. The summed E-state index contributed by atoms with van der Waals surface area (Å²) in [5, 5.41) is 4.71. The zero-order valence-corrected chi connectivity index (χ0v) is 15.1. The van der Waals surface area contributed by atoms with Crippen LogP contribution in [0.15, 0.2) is 0 Å². The van der Waals surface area contributed by atoms with Gasteiger partial charge in [-0.1, -0.05) is 0 Å². The lowest BCUT2D eigenvalue weighted by Gasteiger charge is -2.31. The van der Waals surface area contributed by atoms with Gasteiger partial charge in [0, 0.05) is 36.2 Å². The van der Waals surface area contributed by atoms with Gasteiger partial charge >= 0.3 is 0 Å². The first kappa shape index (κ1) is 16.7. The Morgan fingerprint density at radius 2 is 2.10 bits per heavy atom. The predicted molar refractivity (Wildman–Crippen MR) is 90.1 cm³/mol. The van der Waals surface area contributed by atoms with Crippen molar-refractivity contribution in [3.63, 3.8) is 0 Å². The van der Waals surface area contributed by atoms with Gasteiger partial charge in [-0.3, -0.25) is 0 Å². The molecule has 21 heavy (non-hydrogen) atoms. The van der Waals surface area contributed by atoms with Gasteiger partial charge in [0.25, 0.3) is 0 Å². The fourth-order valence-corrected chi connectivity index (χ4v) is 3.87. The summed E-state index contributed by atoms with van der Waals surface area (Å²) in [4.78, 5) is 8.61. The SMILES string of the molecule is COCc1nc(N2CCCC2(C)C)sc1CNC(C)(C)C. The molecule has 120 valence electrons. The predicted octanol–water partition coefficient (Wildman–Crippen LogP) is 3.56. The standard InChI is InChI=1S/C16H29N3OS/c1-15(2,3)17-10-13-12(11-20-6)18-14(21-13)19-9-7-8-16(19,4)5/h17H,7-11H2,1-6H3. The highest BCUT2D eigenvalue weighted by Gasteiger charge is 2.34. The van der Waals surface area contributed by atoms with Crippen LogP contribution in [0.2, 0.25) is 0 Å². The fourth-order valence-electron chi connectivity index (χ4n) is 2.68. The van der Waals surface area contributed by atoms with Crippen LogP contribution >= 0.6 is 11.3 Å². The maximum absolute atomic E-state index is 5.33. The van der Waals surface area contributed by atoms with Crippen molar-refractivity contribution in [1.82, 2.24) is 10.3 Å². The number of rotatable bonds is 5. The first-order valence-electron chi connectivity index (χ1n) is 7.73. The molecule has 0 unspecified atom stereocenters. The Morgan fingerprint density at radius 1 is 1.38 bits per heavy atom. The second kappa shape index (κ2) is 6.23. The summed E-state index contributed by atoms with van der Waals surface area (Å²) >= 11 is 1.81. The van der Waals surface area contributed by atoms with E-state index < -0.39 is 0 Å². The number of nitrogens with zero attached hydrogens (tertiary/aromatic N) is 2.